The largest absolute Gasteiger partial charge is 0.480 e. The van der Waals surface area contributed by atoms with Gasteiger partial charge in [0.2, 0.25) is 0 Å². The molecule has 0 radical (unpaired) electrons. The highest BCUT2D eigenvalue weighted by atomic mass is 19.0. The molecule has 0 bridgehead atoms. The van der Waals surface area contributed by atoms with Crippen molar-refractivity contribution in [1.29, 1.82) is 0 Å². The number of rotatable bonds is 5. The minimum absolute atomic E-state index is 0. The quantitative estimate of drug-likeness (QED) is 0.276. The number of aliphatic hydroxyl groups excluding tert-OH is 2. The lowest BCUT2D eigenvalue weighted by Crippen LogP contribution is -2.27. The van der Waals surface area contributed by atoms with Crippen molar-refractivity contribution < 1.29 is 34.7 Å². The van der Waals surface area contributed by atoms with E-state index in [0.717, 1.165) is 0 Å². The van der Waals surface area contributed by atoms with Crippen molar-refractivity contribution in [3.05, 3.63) is 0 Å². The van der Waals surface area contributed by atoms with Gasteiger partial charge in [-0.15, -0.1) is 0 Å². The Hall–Kier alpha value is -1.29. The van der Waals surface area contributed by atoms with E-state index < -0.39 is 18.2 Å². The van der Waals surface area contributed by atoms with Crippen molar-refractivity contribution in [3.8, 4) is 0 Å². The molecule has 0 heterocycles. The number of nitrogens with one attached hydrogen (secondary N) is 1. The van der Waals surface area contributed by atoms with Crippen LogP contribution >= 0.6 is 0 Å². The van der Waals surface area contributed by atoms with Crippen LogP contribution in [0.15, 0.2) is 0 Å². The van der Waals surface area contributed by atoms with E-state index in [-0.39, 0.29) is 24.4 Å². The summed E-state index contributed by atoms with van der Waals surface area (Å²) in [6.45, 7) is -0.988. The average Bonchev–Trinajstić information content (AvgIpc) is 2.04. The van der Waals surface area contributed by atoms with Gasteiger partial charge in [-0.05, 0) is 0 Å². The lowest BCUT2D eigenvalue weighted by molar-refractivity contribution is -0.137. The third kappa shape index (κ3) is 32.4. The Morgan fingerprint density at radius 3 is 1.60 bits per heavy atom. The molecule has 0 saturated heterocycles. The number of carboxylic acid groups (broad SMARTS) is 2. The molecule has 1 unspecified atom stereocenters. The molecule has 0 aliphatic carbocycles. The second-order valence-electron chi connectivity index (χ2n) is 2.14. The molecule has 0 aliphatic rings. The third-order valence-electron chi connectivity index (χ3n) is 0.740. The molecule has 9 heteroatoms. The molecule has 0 spiro atoms. The van der Waals surface area contributed by atoms with Crippen LogP contribution < -0.4 is 11.1 Å². The molecule has 0 aromatic heterocycles. The van der Waals surface area contributed by atoms with E-state index in [4.69, 9.17) is 20.4 Å². The standard InChI is InChI=1S/C4H7NO4.C2H7NO2.FH/c6-3(7)1-5-2-4(8)9;3-2(5)1-4;/h5H,1-2H2,(H,6,7)(H,8,9);2,4-5H,1,3H2;1H. The Morgan fingerprint density at radius 2 is 1.47 bits per heavy atom. The third-order valence-corrected chi connectivity index (χ3v) is 0.740. The Labute approximate surface area is 84.7 Å². The van der Waals surface area contributed by atoms with Gasteiger partial charge in [0.1, 0.15) is 6.23 Å². The minimum Gasteiger partial charge on any atom is -0.480 e. The summed E-state index contributed by atoms with van der Waals surface area (Å²) in [4.78, 5) is 19.5. The summed E-state index contributed by atoms with van der Waals surface area (Å²) in [5.41, 5.74) is 4.60. The average molecular weight is 230 g/mol. The van der Waals surface area contributed by atoms with Gasteiger partial charge in [0.15, 0.2) is 0 Å². The van der Waals surface area contributed by atoms with Gasteiger partial charge in [-0.1, -0.05) is 0 Å². The summed E-state index contributed by atoms with van der Waals surface area (Å²) in [5.74, 6) is -2.12. The van der Waals surface area contributed by atoms with Crippen LogP contribution in [-0.4, -0.2) is 58.3 Å². The second-order valence-corrected chi connectivity index (χ2v) is 2.14. The SMILES string of the molecule is F.NC(O)CO.O=C(O)CNCC(=O)O. The van der Waals surface area contributed by atoms with E-state index >= 15 is 0 Å². The van der Waals surface area contributed by atoms with E-state index in [2.05, 4.69) is 11.1 Å². The Morgan fingerprint density at radius 1 is 1.20 bits per heavy atom. The summed E-state index contributed by atoms with van der Waals surface area (Å²) >= 11 is 0. The number of hydrogen-bond donors (Lipinski definition) is 6. The Kier molecular flexibility index (Phi) is 16.4. The molecule has 0 aliphatic heterocycles. The highest BCUT2D eigenvalue weighted by molar-refractivity contribution is 5.72. The predicted octanol–water partition coefficient (Wildman–Crippen LogP) is -2.85. The van der Waals surface area contributed by atoms with Gasteiger partial charge in [-0.2, -0.15) is 0 Å². The number of nitrogens with two attached hydrogens (primary N) is 1. The van der Waals surface area contributed by atoms with Crippen LogP contribution in [0.3, 0.4) is 0 Å². The first-order valence-corrected chi connectivity index (χ1v) is 3.59. The molecule has 1 atom stereocenters. The first kappa shape index (κ1) is 19.3. The molecular formula is C6H15FN2O6. The predicted molar refractivity (Wildman–Crippen MR) is 47.9 cm³/mol. The van der Waals surface area contributed by atoms with Crippen molar-refractivity contribution in [2.75, 3.05) is 19.7 Å². The fourth-order valence-electron chi connectivity index (χ4n) is 0.276. The normalized spacial score (nSPS) is 10.3. The monoisotopic (exact) mass is 230 g/mol. The molecule has 92 valence electrons. The van der Waals surface area contributed by atoms with E-state index in [9.17, 15) is 9.59 Å². The van der Waals surface area contributed by atoms with E-state index in [1.807, 2.05) is 0 Å². The van der Waals surface area contributed by atoms with Gasteiger partial charge in [-0.25, -0.2) is 0 Å². The van der Waals surface area contributed by atoms with Crippen LogP contribution in [0.5, 0.6) is 0 Å². The van der Waals surface area contributed by atoms with Crippen LogP contribution in [0.2, 0.25) is 0 Å². The first-order chi connectivity index (χ1) is 6.40. The molecular weight excluding hydrogens is 215 g/mol. The van der Waals surface area contributed by atoms with Gasteiger partial charge in [0.25, 0.3) is 0 Å². The van der Waals surface area contributed by atoms with E-state index in [1.165, 1.54) is 0 Å². The van der Waals surface area contributed by atoms with Crippen molar-refractivity contribution >= 4 is 11.9 Å². The maximum atomic E-state index is 9.73. The Bertz CT molecular complexity index is 163. The topological polar surface area (TPSA) is 153 Å². The zero-order chi connectivity index (χ0) is 11.6. The van der Waals surface area contributed by atoms with Crippen molar-refractivity contribution in [2.45, 2.75) is 6.23 Å². The molecule has 0 aromatic rings. The molecule has 15 heavy (non-hydrogen) atoms. The number of aliphatic carboxylic acids is 2. The van der Waals surface area contributed by atoms with E-state index in [0.29, 0.717) is 0 Å². The van der Waals surface area contributed by atoms with Crippen LogP contribution in [0.4, 0.5) is 4.70 Å². The van der Waals surface area contributed by atoms with Crippen molar-refractivity contribution in [2.24, 2.45) is 5.73 Å². The van der Waals surface area contributed by atoms with Crippen LogP contribution in [0.1, 0.15) is 0 Å². The maximum Gasteiger partial charge on any atom is 0.317 e. The van der Waals surface area contributed by atoms with Crippen molar-refractivity contribution in [1.82, 2.24) is 5.32 Å². The smallest absolute Gasteiger partial charge is 0.317 e. The molecule has 0 fully saturated rings. The van der Waals surface area contributed by atoms with Gasteiger partial charge >= 0.3 is 11.9 Å². The molecule has 0 saturated carbocycles. The summed E-state index contributed by atoms with van der Waals surface area (Å²) in [6.07, 6.45) is -1.06. The summed E-state index contributed by atoms with van der Waals surface area (Å²) < 4.78 is 0. The highest BCUT2D eigenvalue weighted by Gasteiger charge is 1.97. The van der Waals surface area contributed by atoms with Crippen LogP contribution in [0.25, 0.3) is 0 Å². The van der Waals surface area contributed by atoms with Crippen LogP contribution in [0, 0.1) is 0 Å². The van der Waals surface area contributed by atoms with Gasteiger partial charge in [0, 0.05) is 0 Å². The first-order valence-electron chi connectivity index (χ1n) is 3.59. The van der Waals surface area contributed by atoms with Crippen molar-refractivity contribution in [3.63, 3.8) is 0 Å². The zero-order valence-electron chi connectivity index (χ0n) is 7.79. The molecule has 0 rings (SSSR count). The summed E-state index contributed by atoms with van der Waals surface area (Å²) in [7, 11) is 0. The molecule has 0 amide bonds. The number of halogens is 1. The van der Waals surface area contributed by atoms with E-state index in [1.54, 1.807) is 0 Å². The fraction of sp³-hybridized carbons (Fsp3) is 0.667. The zero-order valence-corrected chi connectivity index (χ0v) is 7.79. The summed E-state index contributed by atoms with van der Waals surface area (Å²) in [6, 6.07) is 0. The number of carboxylic acids is 2. The van der Waals surface area contributed by atoms with Gasteiger partial charge < -0.3 is 26.2 Å². The number of aliphatic hydroxyl groups is 2. The highest BCUT2D eigenvalue weighted by Crippen LogP contribution is 1.61. The molecule has 8 nitrogen and oxygen atoms in total. The number of hydrogen-bond acceptors (Lipinski definition) is 6. The maximum absolute atomic E-state index is 9.73. The van der Waals surface area contributed by atoms with Crippen LogP contribution in [-0.2, 0) is 9.59 Å². The lowest BCUT2D eigenvalue weighted by atomic mass is 10.6. The molecule has 7 N–H and O–H groups in total. The Balaban J connectivity index is -0.000000208. The molecule has 0 aromatic carbocycles. The lowest BCUT2D eigenvalue weighted by Gasteiger charge is -1.93. The second kappa shape index (κ2) is 12.7. The minimum atomic E-state index is -1.06. The van der Waals surface area contributed by atoms with Gasteiger partial charge in [0.05, 0.1) is 19.7 Å². The summed E-state index contributed by atoms with van der Waals surface area (Å²) in [5, 5.41) is 33.8. The van der Waals surface area contributed by atoms with Gasteiger partial charge in [-0.3, -0.25) is 19.6 Å². The fourth-order valence-corrected chi connectivity index (χ4v) is 0.276. The number of carbonyl (C=O) groups is 2.